The summed E-state index contributed by atoms with van der Waals surface area (Å²) in [4.78, 5) is 52.2. The molecule has 0 fully saturated rings. The zero-order chi connectivity index (χ0) is 34.7. The molecule has 1 heterocycles. The number of carbonyl (C=O) groups is 4. The van der Waals surface area contributed by atoms with Gasteiger partial charge in [-0.25, -0.2) is 8.42 Å². The monoisotopic (exact) mass is 725 g/mol. The Bertz CT molecular complexity index is 1530. The molecule has 11 nitrogen and oxygen atoms in total. The van der Waals surface area contributed by atoms with Crippen molar-refractivity contribution in [1.29, 1.82) is 0 Å². The summed E-state index contributed by atoms with van der Waals surface area (Å²) < 4.78 is 27.7. The third-order valence-electron chi connectivity index (χ3n) is 8.03. The summed E-state index contributed by atoms with van der Waals surface area (Å²) in [6, 6.07) is 11.0. The van der Waals surface area contributed by atoms with E-state index in [-0.39, 0.29) is 54.5 Å². The second kappa shape index (κ2) is 18.2. The summed E-state index contributed by atoms with van der Waals surface area (Å²) in [5, 5.41) is 9.43. The van der Waals surface area contributed by atoms with E-state index in [2.05, 4.69) is 45.9 Å². The first-order valence-corrected chi connectivity index (χ1v) is 18.8. The Kier molecular flexibility index (Phi) is 15.1. The van der Waals surface area contributed by atoms with Gasteiger partial charge in [0.2, 0.25) is 21.8 Å². The summed E-state index contributed by atoms with van der Waals surface area (Å²) in [6.45, 7) is 6.42. The fourth-order valence-electron chi connectivity index (χ4n) is 5.44. The lowest BCUT2D eigenvalue weighted by atomic mass is 9.91. The topological polar surface area (TPSA) is 154 Å². The van der Waals surface area contributed by atoms with Gasteiger partial charge in [0.15, 0.2) is 0 Å². The van der Waals surface area contributed by atoms with Gasteiger partial charge in [-0.15, -0.1) is 0 Å². The van der Waals surface area contributed by atoms with Crippen LogP contribution in [0.2, 0.25) is 5.02 Å². The Morgan fingerprint density at radius 1 is 0.936 bits per heavy atom. The number of amides is 3. The van der Waals surface area contributed by atoms with E-state index in [0.29, 0.717) is 41.5 Å². The number of unbranched alkanes of at least 4 members (excludes halogenated alkanes) is 1. The lowest BCUT2D eigenvalue weighted by molar-refractivity contribution is -0.122. The largest absolute Gasteiger partial charge is 0.355 e. The standard InChI is InChI=1S/C32H44ClN5O6S3/c1-20-6-11-29-26(16-20)25(21(2)38(29)32(42)23-7-9-24(33)10-8-23)17-30(40)37-47(43,44)15-5-4-12-36-31(41)28(19-46)35-14-13-34-27(18-45)22(3)39/h6-11,16,21,25,27-28,34-35,45-46H,4-5,12-15,17-19H2,1-3H3,(H,36,41)(H,37,40)/t21?,25?,27-,28-/m0/s1. The molecule has 0 radical (unpaired) electrons. The second-order valence-corrected chi connectivity index (χ2v) is 14.6. The number of Topliss-reactive ketones (excluding diaryl/α,β-unsaturated/α-hetero) is 1. The smallest absolute Gasteiger partial charge is 0.258 e. The maximum atomic E-state index is 13.5. The summed E-state index contributed by atoms with van der Waals surface area (Å²) in [5.41, 5.74) is 2.91. The molecule has 3 amide bonds. The predicted molar refractivity (Wildman–Crippen MR) is 192 cm³/mol. The Morgan fingerprint density at radius 3 is 2.19 bits per heavy atom. The number of fused-ring (bicyclic) bond motifs is 1. The molecule has 1 aliphatic heterocycles. The molecule has 258 valence electrons. The fourth-order valence-corrected chi connectivity index (χ4v) is 7.37. The van der Waals surface area contributed by atoms with Crippen LogP contribution in [0.1, 0.15) is 60.5 Å². The number of anilines is 1. The molecule has 2 unspecified atom stereocenters. The van der Waals surface area contributed by atoms with Crippen molar-refractivity contribution >= 4 is 76.1 Å². The van der Waals surface area contributed by atoms with Crippen LogP contribution in [0.3, 0.4) is 0 Å². The number of carbonyl (C=O) groups excluding carboxylic acids is 4. The van der Waals surface area contributed by atoms with Gasteiger partial charge in [0, 0.05) is 65.8 Å². The van der Waals surface area contributed by atoms with Crippen LogP contribution in [-0.4, -0.2) is 86.9 Å². The minimum atomic E-state index is -3.92. The van der Waals surface area contributed by atoms with Crippen LogP contribution < -0.4 is 25.6 Å². The molecule has 1 aliphatic rings. The van der Waals surface area contributed by atoms with Gasteiger partial charge < -0.3 is 20.9 Å². The normalized spacial score (nSPS) is 17.1. The van der Waals surface area contributed by atoms with E-state index in [4.69, 9.17) is 11.6 Å². The highest BCUT2D eigenvalue weighted by Crippen LogP contribution is 2.44. The summed E-state index contributed by atoms with van der Waals surface area (Å²) in [6.07, 6.45) is 0.500. The molecular formula is C32H44ClN5O6S3. The molecule has 0 bridgehead atoms. The van der Waals surface area contributed by atoms with Gasteiger partial charge in [-0.2, -0.15) is 25.3 Å². The van der Waals surface area contributed by atoms with E-state index in [1.807, 2.05) is 32.0 Å². The van der Waals surface area contributed by atoms with Crippen molar-refractivity contribution in [3.05, 3.63) is 64.2 Å². The summed E-state index contributed by atoms with van der Waals surface area (Å²) in [7, 11) is -3.92. The highest BCUT2D eigenvalue weighted by Gasteiger charge is 2.40. The lowest BCUT2D eigenvalue weighted by Crippen LogP contribution is -2.49. The lowest BCUT2D eigenvalue weighted by Gasteiger charge is -2.25. The maximum absolute atomic E-state index is 13.5. The molecule has 4 atom stereocenters. The van der Waals surface area contributed by atoms with Gasteiger partial charge >= 0.3 is 0 Å². The zero-order valence-corrected chi connectivity index (χ0v) is 30.2. The SMILES string of the molecule is CC(=O)[C@H](CS)NCCN[C@@H](CS)C(=O)NCCCCS(=O)(=O)NC(=O)CC1c2cc(C)ccc2N(C(=O)c2ccc(Cl)cc2)C1C. The van der Waals surface area contributed by atoms with Gasteiger partial charge in [-0.3, -0.25) is 23.9 Å². The molecule has 3 rings (SSSR count). The number of hydrogen-bond donors (Lipinski definition) is 6. The summed E-state index contributed by atoms with van der Waals surface area (Å²) in [5.74, 6) is -1.21. The Hall–Kier alpha value is -2.62. The summed E-state index contributed by atoms with van der Waals surface area (Å²) >= 11 is 14.4. The van der Waals surface area contributed by atoms with Crippen molar-refractivity contribution < 1.29 is 27.6 Å². The van der Waals surface area contributed by atoms with Crippen LogP contribution >= 0.6 is 36.9 Å². The van der Waals surface area contributed by atoms with Crippen molar-refractivity contribution in [3.63, 3.8) is 0 Å². The number of nitrogens with one attached hydrogen (secondary N) is 4. The van der Waals surface area contributed by atoms with Crippen LogP contribution in [0.5, 0.6) is 0 Å². The molecule has 0 spiro atoms. The van der Waals surface area contributed by atoms with E-state index in [1.54, 1.807) is 29.2 Å². The Labute approximate surface area is 293 Å². The third kappa shape index (κ3) is 11.2. The molecule has 47 heavy (non-hydrogen) atoms. The van der Waals surface area contributed by atoms with Crippen LogP contribution in [0.15, 0.2) is 42.5 Å². The molecule has 0 aromatic heterocycles. The number of rotatable bonds is 18. The number of sulfonamides is 1. The third-order valence-corrected chi connectivity index (χ3v) is 10.4. The van der Waals surface area contributed by atoms with E-state index >= 15 is 0 Å². The van der Waals surface area contributed by atoms with Crippen LogP contribution in [0.4, 0.5) is 5.69 Å². The first-order valence-electron chi connectivity index (χ1n) is 15.5. The number of benzene rings is 2. The van der Waals surface area contributed by atoms with Crippen molar-refractivity contribution in [3.8, 4) is 0 Å². The number of nitrogens with zero attached hydrogens (tertiary/aromatic N) is 1. The van der Waals surface area contributed by atoms with Crippen LogP contribution in [-0.2, 0) is 24.4 Å². The highest BCUT2D eigenvalue weighted by molar-refractivity contribution is 7.90. The van der Waals surface area contributed by atoms with Crippen molar-refractivity contribution in [2.45, 2.75) is 64.1 Å². The molecule has 0 saturated heterocycles. The predicted octanol–water partition coefficient (Wildman–Crippen LogP) is 2.88. The van der Waals surface area contributed by atoms with Crippen LogP contribution in [0, 0.1) is 6.92 Å². The van der Waals surface area contributed by atoms with Crippen LogP contribution in [0.25, 0.3) is 0 Å². The second-order valence-electron chi connectivity index (χ2n) is 11.6. The average Bonchev–Trinajstić information content (AvgIpc) is 3.27. The average molecular weight is 726 g/mol. The molecule has 4 N–H and O–H groups in total. The van der Waals surface area contributed by atoms with E-state index < -0.39 is 33.9 Å². The van der Waals surface area contributed by atoms with Crippen molar-refractivity contribution in [2.75, 3.05) is 41.8 Å². The Morgan fingerprint density at radius 2 is 1.57 bits per heavy atom. The first-order chi connectivity index (χ1) is 22.3. The molecule has 2 aromatic rings. The number of hydrogen-bond acceptors (Lipinski definition) is 10. The minimum Gasteiger partial charge on any atom is -0.355 e. The zero-order valence-electron chi connectivity index (χ0n) is 26.8. The molecular weight excluding hydrogens is 682 g/mol. The van der Waals surface area contributed by atoms with Crippen molar-refractivity contribution in [2.24, 2.45) is 0 Å². The molecule has 2 aromatic carbocycles. The van der Waals surface area contributed by atoms with E-state index in [9.17, 15) is 27.6 Å². The highest BCUT2D eigenvalue weighted by atomic mass is 35.5. The minimum absolute atomic E-state index is 0.00967. The van der Waals surface area contributed by atoms with E-state index in [0.717, 1.165) is 11.1 Å². The fraction of sp³-hybridized carbons (Fsp3) is 0.500. The maximum Gasteiger partial charge on any atom is 0.258 e. The van der Waals surface area contributed by atoms with Crippen molar-refractivity contribution in [1.82, 2.24) is 20.7 Å². The van der Waals surface area contributed by atoms with Gasteiger partial charge in [-0.1, -0.05) is 29.3 Å². The van der Waals surface area contributed by atoms with Gasteiger partial charge in [0.05, 0.1) is 17.8 Å². The number of thiol groups is 2. The molecule has 0 saturated carbocycles. The van der Waals surface area contributed by atoms with Gasteiger partial charge in [0.1, 0.15) is 5.78 Å². The first kappa shape index (κ1) is 38.8. The Balaban J connectivity index is 1.47. The quantitative estimate of drug-likeness (QED) is 0.101. The van der Waals surface area contributed by atoms with Gasteiger partial charge in [-0.05, 0) is 69.5 Å². The van der Waals surface area contributed by atoms with Gasteiger partial charge in [0.25, 0.3) is 5.91 Å². The number of ketones is 1. The number of halogens is 1. The molecule has 15 heteroatoms. The number of aryl methyl sites for hydroxylation is 1. The molecule has 0 aliphatic carbocycles. The van der Waals surface area contributed by atoms with E-state index in [1.165, 1.54) is 6.92 Å².